The molecule has 0 aliphatic heterocycles. The number of aromatic nitrogens is 1. The predicted octanol–water partition coefficient (Wildman–Crippen LogP) is 3.63. The highest BCUT2D eigenvalue weighted by Crippen LogP contribution is 2.32. The molecule has 1 aromatic heterocycles. The van der Waals surface area contributed by atoms with Gasteiger partial charge in [0.2, 0.25) is 5.78 Å². The Bertz CT molecular complexity index is 750. The van der Waals surface area contributed by atoms with E-state index in [1.165, 1.54) is 0 Å². The Labute approximate surface area is 121 Å². The lowest BCUT2D eigenvalue weighted by atomic mass is 9.86. The Morgan fingerprint density at radius 2 is 1.65 bits per heavy atom. The van der Waals surface area contributed by atoms with Gasteiger partial charge in [-0.3, -0.25) is 9.59 Å². The van der Waals surface area contributed by atoms with Gasteiger partial charge >= 0.3 is 0 Å². The molecule has 0 saturated carbocycles. The van der Waals surface area contributed by atoms with Crippen molar-refractivity contribution in [2.45, 2.75) is 19.8 Å². The molecule has 1 aliphatic carbocycles. The molecule has 0 atom stereocenters. The molecule has 1 heterocycles. The predicted molar refractivity (Wildman–Crippen MR) is 76.6 cm³/mol. The lowest BCUT2D eigenvalue weighted by Crippen LogP contribution is -2.23. The minimum Gasteiger partial charge on any atom is -0.288 e. The molecule has 0 N–H and O–H groups in total. The van der Waals surface area contributed by atoms with E-state index in [0.717, 1.165) is 0 Å². The molecular formula is C16H12ClNO2. The molecule has 0 unspecified atom stereocenters. The Morgan fingerprint density at radius 1 is 1.05 bits per heavy atom. The smallest absolute Gasteiger partial charge is 0.212 e. The van der Waals surface area contributed by atoms with Gasteiger partial charge in [-0.25, -0.2) is 4.98 Å². The van der Waals surface area contributed by atoms with Gasteiger partial charge in [0.25, 0.3) is 0 Å². The van der Waals surface area contributed by atoms with Gasteiger partial charge in [0.15, 0.2) is 5.78 Å². The van der Waals surface area contributed by atoms with Crippen LogP contribution in [0.15, 0.2) is 30.3 Å². The average Bonchev–Trinajstić information content (AvgIpc) is 2.44. The summed E-state index contributed by atoms with van der Waals surface area (Å²) in [4.78, 5) is 29.3. The summed E-state index contributed by atoms with van der Waals surface area (Å²) in [5.74, 6) is -0.333. The van der Waals surface area contributed by atoms with Crippen molar-refractivity contribution in [1.29, 1.82) is 0 Å². The largest absolute Gasteiger partial charge is 0.288 e. The number of carbonyl (C=O) groups excluding carboxylic acids is 2. The molecule has 1 aliphatic rings. The number of hydrogen-bond acceptors (Lipinski definition) is 3. The average molecular weight is 286 g/mol. The summed E-state index contributed by atoms with van der Waals surface area (Å²) in [5, 5.41) is 0.298. The number of rotatable bonds is 1. The van der Waals surface area contributed by atoms with Crippen molar-refractivity contribution < 1.29 is 9.59 Å². The van der Waals surface area contributed by atoms with Crippen molar-refractivity contribution in [3.8, 4) is 0 Å². The zero-order valence-corrected chi connectivity index (χ0v) is 11.9. The molecule has 20 heavy (non-hydrogen) atoms. The molecule has 3 nitrogen and oxygen atoms in total. The molecule has 0 amide bonds. The lowest BCUT2D eigenvalue weighted by molar-refractivity contribution is 0.0975. The van der Waals surface area contributed by atoms with Crippen LogP contribution >= 0.6 is 11.6 Å². The number of pyridine rings is 1. The molecule has 0 saturated heterocycles. The summed E-state index contributed by atoms with van der Waals surface area (Å²) in [6.45, 7) is 3.93. The van der Waals surface area contributed by atoms with Crippen LogP contribution in [0.3, 0.4) is 0 Å². The van der Waals surface area contributed by atoms with Crippen molar-refractivity contribution >= 4 is 23.2 Å². The number of halogens is 1. The van der Waals surface area contributed by atoms with Gasteiger partial charge in [-0.2, -0.15) is 0 Å². The third-order valence-corrected chi connectivity index (χ3v) is 3.74. The lowest BCUT2D eigenvalue weighted by Gasteiger charge is -2.19. The normalized spacial score (nSPS) is 13.4. The first-order valence-electron chi connectivity index (χ1n) is 6.39. The van der Waals surface area contributed by atoms with Gasteiger partial charge in [0.05, 0.1) is 10.6 Å². The van der Waals surface area contributed by atoms with Crippen LogP contribution in [0.2, 0.25) is 5.02 Å². The van der Waals surface area contributed by atoms with E-state index in [9.17, 15) is 9.59 Å². The monoisotopic (exact) mass is 285 g/mol. The number of carbonyl (C=O) groups is 2. The fourth-order valence-corrected chi connectivity index (χ4v) is 2.64. The summed E-state index contributed by atoms with van der Waals surface area (Å²) in [7, 11) is 0. The van der Waals surface area contributed by atoms with Crippen molar-refractivity contribution in [1.82, 2.24) is 4.98 Å². The summed E-state index contributed by atoms with van der Waals surface area (Å²) < 4.78 is 0. The van der Waals surface area contributed by atoms with Gasteiger partial charge in [0, 0.05) is 16.8 Å². The third kappa shape index (κ3) is 1.78. The van der Waals surface area contributed by atoms with Crippen LogP contribution in [0.25, 0.3) is 0 Å². The van der Waals surface area contributed by atoms with Gasteiger partial charge in [-0.1, -0.05) is 49.7 Å². The van der Waals surface area contributed by atoms with E-state index in [4.69, 9.17) is 11.6 Å². The molecule has 2 aromatic rings. The molecule has 0 radical (unpaired) electrons. The molecule has 0 fully saturated rings. The highest BCUT2D eigenvalue weighted by molar-refractivity contribution is 6.38. The van der Waals surface area contributed by atoms with Crippen molar-refractivity contribution in [2.75, 3.05) is 0 Å². The number of ketones is 2. The quantitative estimate of drug-likeness (QED) is 0.686. The second kappa shape index (κ2) is 4.53. The van der Waals surface area contributed by atoms with Gasteiger partial charge in [-0.05, 0) is 12.0 Å². The maximum atomic E-state index is 12.5. The number of nitrogens with zero attached hydrogens (tertiary/aromatic N) is 1. The Balaban J connectivity index is 2.31. The van der Waals surface area contributed by atoms with Crippen LogP contribution in [0.1, 0.15) is 57.4 Å². The van der Waals surface area contributed by atoms with Crippen molar-refractivity contribution in [2.24, 2.45) is 0 Å². The fourth-order valence-electron chi connectivity index (χ4n) is 2.35. The van der Waals surface area contributed by atoms with E-state index >= 15 is 0 Å². The summed E-state index contributed by atoms with van der Waals surface area (Å²) in [5.41, 5.74) is 1.90. The Morgan fingerprint density at radius 3 is 2.25 bits per heavy atom. The number of benzene rings is 1. The maximum absolute atomic E-state index is 12.5. The third-order valence-electron chi connectivity index (χ3n) is 3.44. The zero-order chi connectivity index (χ0) is 14.4. The van der Waals surface area contributed by atoms with E-state index < -0.39 is 0 Å². The molecule has 3 rings (SSSR count). The molecular weight excluding hydrogens is 274 g/mol. The minimum atomic E-state index is -0.236. The fraction of sp³-hybridized carbons (Fsp3) is 0.188. The maximum Gasteiger partial charge on any atom is 0.212 e. The second-order valence-electron chi connectivity index (χ2n) is 5.11. The summed E-state index contributed by atoms with van der Waals surface area (Å²) >= 11 is 6.21. The molecule has 0 spiro atoms. The second-order valence-corrected chi connectivity index (χ2v) is 5.52. The van der Waals surface area contributed by atoms with Gasteiger partial charge in [-0.15, -0.1) is 0 Å². The molecule has 1 aromatic carbocycles. The van der Waals surface area contributed by atoms with Crippen LogP contribution in [0.4, 0.5) is 0 Å². The van der Waals surface area contributed by atoms with E-state index in [1.807, 2.05) is 13.8 Å². The minimum absolute atomic E-state index is 0.137. The molecule has 4 heteroatoms. The standard InChI is InChI=1S/C16H12ClNO2/c1-8(2)12-7-11(17)13-14(18-12)16(20)10-6-4-3-5-9(10)15(13)19/h3-8H,1-2H3. The highest BCUT2D eigenvalue weighted by Gasteiger charge is 2.33. The van der Waals surface area contributed by atoms with Crippen molar-refractivity contribution in [3.05, 3.63) is 63.4 Å². The van der Waals surface area contributed by atoms with Crippen molar-refractivity contribution in [3.63, 3.8) is 0 Å². The first-order valence-corrected chi connectivity index (χ1v) is 6.77. The first-order chi connectivity index (χ1) is 9.50. The Hall–Kier alpha value is -2.00. The number of fused-ring (bicyclic) bond motifs is 2. The van der Waals surface area contributed by atoms with E-state index in [2.05, 4.69) is 4.98 Å². The van der Waals surface area contributed by atoms with Crippen LogP contribution < -0.4 is 0 Å². The topological polar surface area (TPSA) is 47.0 Å². The van der Waals surface area contributed by atoms with Gasteiger partial charge < -0.3 is 0 Å². The summed E-state index contributed by atoms with van der Waals surface area (Å²) in [6.07, 6.45) is 0. The van der Waals surface area contributed by atoms with E-state index in [0.29, 0.717) is 21.8 Å². The highest BCUT2D eigenvalue weighted by atomic mass is 35.5. The van der Waals surface area contributed by atoms with E-state index in [1.54, 1.807) is 30.3 Å². The van der Waals surface area contributed by atoms with Crippen LogP contribution in [-0.4, -0.2) is 16.6 Å². The van der Waals surface area contributed by atoms with Crippen LogP contribution in [0.5, 0.6) is 0 Å². The number of hydrogen-bond donors (Lipinski definition) is 0. The van der Waals surface area contributed by atoms with E-state index in [-0.39, 0.29) is 28.7 Å². The van der Waals surface area contributed by atoms with Gasteiger partial charge in [0.1, 0.15) is 5.69 Å². The molecule has 0 bridgehead atoms. The SMILES string of the molecule is CC(C)c1cc(Cl)c2c(n1)C(=O)c1ccccc1C2=O. The summed E-state index contributed by atoms with van der Waals surface area (Å²) in [6, 6.07) is 8.44. The first kappa shape index (κ1) is 13.0. The van der Waals surface area contributed by atoms with Crippen LogP contribution in [0, 0.1) is 0 Å². The van der Waals surface area contributed by atoms with Crippen LogP contribution in [-0.2, 0) is 0 Å². The zero-order valence-electron chi connectivity index (χ0n) is 11.1. The Kier molecular flexibility index (Phi) is 2.94. The molecule has 100 valence electrons.